The van der Waals surface area contributed by atoms with E-state index in [0.29, 0.717) is 52.5 Å². The van der Waals surface area contributed by atoms with Crippen molar-refractivity contribution in [1.82, 2.24) is 5.32 Å². The fraction of sp³-hybridized carbons (Fsp3) is 0.857. The number of amides is 1. The highest BCUT2D eigenvalue weighted by Gasteiger charge is 2.03. The highest BCUT2D eigenvalue weighted by Crippen LogP contribution is 1.93. The van der Waals surface area contributed by atoms with Gasteiger partial charge in [0.1, 0.15) is 13.2 Å². The van der Waals surface area contributed by atoms with Gasteiger partial charge in [-0.2, -0.15) is 0 Å². The molecule has 0 unspecified atom stereocenters. The Morgan fingerprint density at radius 1 is 0.864 bits per heavy atom. The van der Waals surface area contributed by atoms with E-state index in [-0.39, 0.29) is 19.0 Å². The van der Waals surface area contributed by atoms with Crippen LogP contribution in [-0.4, -0.2) is 78.1 Å². The summed E-state index contributed by atoms with van der Waals surface area (Å²) in [7, 11) is 1.87. The average Bonchev–Trinajstić information content (AvgIpc) is 2.48. The molecule has 0 saturated carbocycles. The molecule has 0 spiro atoms. The summed E-state index contributed by atoms with van der Waals surface area (Å²) < 4.78 is 20.7. The number of ketones is 1. The van der Waals surface area contributed by atoms with Crippen LogP contribution in [0.25, 0.3) is 0 Å². The number of Topliss-reactive ketones (excluding diaryl/α,β-unsaturated/α-hetero) is 1. The Balaban J connectivity index is 3.13. The van der Waals surface area contributed by atoms with E-state index in [1.165, 1.54) is 0 Å². The summed E-state index contributed by atoms with van der Waals surface area (Å²) >= 11 is 0. The highest BCUT2D eigenvalue weighted by molar-refractivity contribution is 5.80. The van der Waals surface area contributed by atoms with Crippen molar-refractivity contribution in [2.45, 2.75) is 12.8 Å². The smallest absolute Gasteiger partial charge is 0.243 e. The lowest BCUT2D eigenvalue weighted by molar-refractivity contribution is -0.128. The first-order valence-corrected chi connectivity index (χ1v) is 7.42. The van der Waals surface area contributed by atoms with Gasteiger partial charge in [-0.3, -0.25) is 9.59 Å². The fourth-order valence-corrected chi connectivity index (χ4v) is 1.43. The minimum Gasteiger partial charge on any atom is -0.379 e. The molecule has 0 atom stereocenters. The predicted molar refractivity (Wildman–Crippen MR) is 80.6 cm³/mol. The van der Waals surface area contributed by atoms with Crippen molar-refractivity contribution >= 4 is 11.7 Å². The van der Waals surface area contributed by atoms with E-state index < -0.39 is 5.91 Å². The second-order valence-corrected chi connectivity index (χ2v) is 4.54. The van der Waals surface area contributed by atoms with Crippen molar-refractivity contribution < 1.29 is 28.5 Å². The monoisotopic (exact) mass is 320 g/mol. The summed E-state index contributed by atoms with van der Waals surface area (Å²) in [6.45, 7) is 3.79. The Kier molecular flexibility index (Phi) is 15.5. The van der Waals surface area contributed by atoms with Gasteiger partial charge in [0.15, 0.2) is 5.78 Å². The van der Waals surface area contributed by atoms with Gasteiger partial charge in [-0.15, -0.1) is 0 Å². The molecule has 0 radical (unpaired) electrons. The molecule has 0 heterocycles. The molecule has 3 N–H and O–H groups in total. The molecular formula is C14H28N2O6. The lowest BCUT2D eigenvalue weighted by Crippen LogP contribution is -2.21. The molecule has 22 heavy (non-hydrogen) atoms. The van der Waals surface area contributed by atoms with Crippen LogP contribution in [0.15, 0.2) is 0 Å². The molecule has 0 aromatic heterocycles. The maximum atomic E-state index is 11.3. The zero-order chi connectivity index (χ0) is 16.5. The number of ether oxygens (including phenoxy) is 4. The number of primary amides is 1. The number of nitrogens with two attached hydrogens (primary N) is 1. The first-order chi connectivity index (χ1) is 10.7. The number of rotatable bonds is 17. The van der Waals surface area contributed by atoms with Gasteiger partial charge in [-0.1, -0.05) is 0 Å². The van der Waals surface area contributed by atoms with E-state index in [1.807, 2.05) is 7.05 Å². The number of nitrogens with one attached hydrogen (secondary N) is 1. The summed E-state index contributed by atoms with van der Waals surface area (Å²) in [5.41, 5.74) is 4.88. The molecule has 130 valence electrons. The Bertz CT molecular complexity index is 289. The topological polar surface area (TPSA) is 109 Å². The SMILES string of the molecule is CNCCOCCOCCOCCCC(=O)COCC(N)=O. The molecule has 0 aliphatic carbocycles. The largest absolute Gasteiger partial charge is 0.379 e. The predicted octanol–water partition coefficient (Wildman–Crippen LogP) is -0.893. The van der Waals surface area contributed by atoms with Crippen molar-refractivity contribution in [2.24, 2.45) is 5.73 Å². The summed E-state index contributed by atoms with van der Waals surface area (Å²) in [5.74, 6) is -0.650. The standard InChI is InChI=1S/C14H28N2O6/c1-16-4-6-20-8-10-21-9-7-19-5-2-3-13(17)11-22-12-14(15)18/h16H,2-12H2,1H3,(H2,15,18). The maximum absolute atomic E-state index is 11.3. The van der Waals surface area contributed by atoms with E-state index >= 15 is 0 Å². The molecule has 0 rings (SSSR count). The third kappa shape index (κ3) is 17.0. The number of hydrogen-bond acceptors (Lipinski definition) is 7. The number of carbonyl (C=O) groups is 2. The molecule has 0 aromatic rings. The van der Waals surface area contributed by atoms with Gasteiger partial charge < -0.3 is 30.0 Å². The lowest BCUT2D eigenvalue weighted by atomic mass is 10.2. The molecule has 0 saturated heterocycles. The van der Waals surface area contributed by atoms with Crippen molar-refractivity contribution in [3.63, 3.8) is 0 Å². The minimum atomic E-state index is -0.580. The molecule has 8 nitrogen and oxygen atoms in total. The van der Waals surface area contributed by atoms with Crippen LogP contribution < -0.4 is 11.1 Å². The minimum absolute atomic E-state index is 0.0696. The second-order valence-electron chi connectivity index (χ2n) is 4.54. The van der Waals surface area contributed by atoms with Crippen molar-refractivity contribution in [2.75, 3.05) is 66.4 Å². The van der Waals surface area contributed by atoms with Crippen LogP contribution in [0.1, 0.15) is 12.8 Å². The maximum Gasteiger partial charge on any atom is 0.243 e. The third-order valence-electron chi connectivity index (χ3n) is 2.49. The Morgan fingerprint density at radius 3 is 2.05 bits per heavy atom. The van der Waals surface area contributed by atoms with Gasteiger partial charge >= 0.3 is 0 Å². The van der Waals surface area contributed by atoms with E-state index in [0.717, 1.165) is 6.54 Å². The van der Waals surface area contributed by atoms with Crippen LogP contribution in [0.5, 0.6) is 0 Å². The van der Waals surface area contributed by atoms with E-state index in [9.17, 15) is 9.59 Å². The van der Waals surface area contributed by atoms with Crippen LogP contribution in [0.4, 0.5) is 0 Å². The summed E-state index contributed by atoms with van der Waals surface area (Å²) in [6, 6.07) is 0. The molecule has 0 aliphatic heterocycles. The number of hydrogen-bond donors (Lipinski definition) is 2. The van der Waals surface area contributed by atoms with Gasteiger partial charge in [0, 0.05) is 19.6 Å². The van der Waals surface area contributed by atoms with Gasteiger partial charge in [-0.05, 0) is 13.5 Å². The summed E-state index contributed by atoms with van der Waals surface area (Å²) in [5, 5.41) is 2.98. The highest BCUT2D eigenvalue weighted by atomic mass is 16.5. The second kappa shape index (κ2) is 16.3. The Hall–Kier alpha value is -1.06. The first kappa shape index (κ1) is 20.9. The fourth-order valence-electron chi connectivity index (χ4n) is 1.43. The van der Waals surface area contributed by atoms with Crippen LogP contribution in [0.2, 0.25) is 0 Å². The van der Waals surface area contributed by atoms with Gasteiger partial charge in [0.25, 0.3) is 0 Å². The normalized spacial score (nSPS) is 10.8. The molecule has 0 fully saturated rings. The quantitative estimate of drug-likeness (QED) is 0.334. The first-order valence-electron chi connectivity index (χ1n) is 7.42. The van der Waals surface area contributed by atoms with Crippen molar-refractivity contribution in [3.8, 4) is 0 Å². The van der Waals surface area contributed by atoms with E-state index in [2.05, 4.69) is 5.32 Å². The van der Waals surface area contributed by atoms with Gasteiger partial charge in [0.05, 0.1) is 33.0 Å². The van der Waals surface area contributed by atoms with Crippen molar-refractivity contribution in [1.29, 1.82) is 0 Å². The molecule has 0 bridgehead atoms. The third-order valence-corrected chi connectivity index (χ3v) is 2.49. The zero-order valence-corrected chi connectivity index (χ0v) is 13.3. The van der Waals surface area contributed by atoms with Crippen LogP contribution >= 0.6 is 0 Å². The number of carbonyl (C=O) groups excluding carboxylic acids is 2. The average molecular weight is 320 g/mol. The van der Waals surface area contributed by atoms with Crippen LogP contribution in [0, 0.1) is 0 Å². The molecule has 0 aromatic carbocycles. The molecule has 1 amide bonds. The van der Waals surface area contributed by atoms with E-state index in [4.69, 9.17) is 24.7 Å². The Morgan fingerprint density at radius 2 is 1.45 bits per heavy atom. The van der Waals surface area contributed by atoms with E-state index in [1.54, 1.807) is 0 Å². The Labute approximate surface area is 131 Å². The summed E-state index contributed by atoms with van der Waals surface area (Å²) in [4.78, 5) is 21.7. The summed E-state index contributed by atoms with van der Waals surface area (Å²) in [6.07, 6.45) is 0.977. The number of likely N-dealkylation sites (N-methyl/N-ethyl adjacent to an activating group) is 1. The lowest BCUT2D eigenvalue weighted by Gasteiger charge is -2.06. The van der Waals surface area contributed by atoms with Crippen LogP contribution in [0.3, 0.4) is 0 Å². The van der Waals surface area contributed by atoms with Gasteiger partial charge in [0.2, 0.25) is 5.91 Å². The van der Waals surface area contributed by atoms with Crippen LogP contribution in [-0.2, 0) is 28.5 Å². The zero-order valence-electron chi connectivity index (χ0n) is 13.3. The van der Waals surface area contributed by atoms with Crippen molar-refractivity contribution in [3.05, 3.63) is 0 Å². The molecule has 8 heteroatoms. The molecular weight excluding hydrogens is 292 g/mol. The molecule has 0 aliphatic rings. The van der Waals surface area contributed by atoms with Gasteiger partial charge in [-0.25, -0.2) is 0 Å².